The van der Waals surface area contributed by atoms with Crippen molar-refractivity contribution in [3.8, 4) is 0 Å². The Morgan fingerprint density at radius 2 is 2.21 bits per heavy atom. The standard InChI is InChI=1S/C10H11ClO2S/c1-6-8(14-2)4-3-7(10(6)11)5-9(12)13/h3-4H,5H2,1-2H3,(H,12,13). The summed E-state index contributed by atoms with van der Waals surface area (Å²) in [6.07, 6.45) is 1.95. The number of aliphatic carboxylic acids is 1. The third-order valence-electron chi connectivity index (χ3n) is 1.98. The Morgan fingerprint density at radius 1 is 1.57 bits per heavy atom. The lowest BCUT2D eigenvalue weighted by atomic mass is 10.1. The van der Waals surface area contributed by atoms with E-state index in [0.29, 0.717) is 10.6 Å². The highest BCUT2D eigenvalue weighted by molar-refractivity contribution is 7.98. The van der Waals surface area contributed by atoms with E-state index in [0.717, 1.165) is 10.5 Å². The van der Waals surface area contributed by atoms with E-state index in [2.05, 4.69) is 0 Å². The summed E-state index contributed by atoms with van der Waals surface area (Å²) in [6, 6.07) is 3.68. The molecule has 0 heterocycles. The molecular formula is C10H11ClO2S. The van der Waals surface area contributed by atoms with Crippen LogP contribution < -0.4 is 0 Å². The number of carbonyl (C=O) groups is 1. The summed E-state index contributed by atoms with van der Waals surface area (Å²) in [5.41, 5.74) is 1.63. The van der Waals surface area contributed by atoms with Crippen LogP contribution in [-0.2, 0) is 11.2 Å². The number of rotatable bonds is 3. The molecule has 1 aromatic rings. The van der Waals surface area contributed by atoms with Crippen molar-refractivity contribution >= 4 is 29.3 Å². The highest BCUT2D eigenvalue weighted by atomic mass is 35.5. The van der Waals surface area contributed by atoms with Gasteiger partial charge in [-0.3, -0.25) is 4.79 Å². The Morgan fingerprint density at radius 3 is 2.71 bits per heavy atom. The minimum absolute atomic E-state index is 0.0195. The van der Waals surface area contributed by atoms with Crippen molar-refractivity contribution in [2.75, 3.05) is 6.26 Å². The first-order valence-electron chi connectivity index (χ1n) is 4.10. The Kier molecular flexibility index (Phi) is 3.84. The number of halogens is 1. The molecule has 0 amide bonds. The summed E-state index contributed by atoms with van der Waals surface area (Å²) in [5.74, 6) is -0.858. The van der Waals surface area contributed by atoms with Crippen molar-refractivity contribution in [3.63, 3.8) is 0 Å². The van der Waals surface area contributed by atoms with E-state index in [1.807, 2.05) is 19.2 Å². The van der Waals surface area contributed by atoms with Crippen molar-refractivity contribution in [2.24, 2.45) is 0 Å². The summed E-state index contributed by atoms with van der Waals surface area (Å²) in [5, 5.41) is 9.21. The van der Waals surface area contributed by atoms with Crippen molar-refractivity contribution in [1.29, 1.82) is 0 Å². The van der Waals surface area contributed by atoms with E-state index in [9.17, 15) is 4.79 Å². The number of hydrogen-bond donors (Lipinski definition) is 1. The molecule has 14 heavy (non-hydrogen) atoms. The van der Waals surface area contributed by atoms with Gasteiger partial charge in [0.05, 0.1) is 6.42 Å². The first-order chi connectivity index (χ1) is 6.56. The molecule has 0 saturated carbocycles. The predicted molar refractivity (Wildman–Crippen MR) is 59.3 cm³/mol. The zero-order valence-electron chi connectivity index (χ0n) is 8.00. The summed E-state index contributed by atoms with van der Waals surface area (Å²) >= 11 is 7.65. The molecule has 0 aliphatic carbocycles. The van der Waals surface area contributed by atoms with Crippen molar-refractivity contribution < 1.29 is 9.90 Å². The lowest BCUT2D eigenvalue weighted by Crippen LogP contribution is -2.01. The van der Waals surface area contributed by atoms with Gasteiger partial charge < -0.3 is 5.11 Å². The predicted octanol–water partition coefficient (Wildman–Crippen LogP) is 3.00. The third kappa shape index (κ3) is 2.42. The molecule has 0 unspecified atom stereocenters. The van der Waals surface area contributed by atoms with E-state index in [1.165, 1.54) is 0 Å². The number of carboxylic acid groups (broad SMARTS) is 1. The van der Waals surface area contributed by atoms with Crippen LogP contribution in [0.5, 0.6) is 0 Å². The van der Waals surface area contributed by atoms with Gasteiger partial charge in [-0.05, 0) is 30.4 Å². The summed E-state index contributed by atoms with van der Waals surface area (Å²) in [4.78, 5) is 11.6. The highest BCUT2D eigenvalue weighted by Gasteiger charge is 2.09. The van der Waals surface area contributed by atoms with Crippen LogP contribution in [0, 0.1) is 6.92 Å². The van der Waals surface area contributed by atoms with Crippen LogP contribution in [0.15, 0.2) is 17.0 Å². The molecule has 0 aromatic heterocycles. The molecule has 0 fully saturated rings. The van der Waals surface area contributed by atoms with Gasteiger partial charge in [0, 0.05) is 9.92 Å². The van der Waals surface area contributed by atoms with Crippen LogP contribution in [0.3, 0.4) is 0 Å². The molecule has 0 bridgehead atoms. The summed E-state index contributed by atoms with van der Waals surface area (Å²) < 4.78 is 0. The average Bonchev–Trinajstić information content (AvgIpc) is 2.13. The number of carboxylic acids is 1. The molecular weight excluding hydrogens is 220 g/mol. The fourth-order valence-corrected chi connectivity index (χ4v) is 2.14. The average molecular weight is 231 g/mol. The first kappa shape index (κ1) is 11.4. The molecule has 1 rings (SSSR count). The van der Waals surface area contributed by atoms with Gasteiger partial charge >= 0.3 is 5.97 Å². The van der Waals surface area contributed by atoms with E-state index >= 15 is 0 Å². The Hall–Kier alpha value is -0.670. The maximum absolute atomic E-state index is 10.5. The molecule has 1 N–H and O–H groups in total. The molecule has 0 aliphatic heterocycles. The normalized spacial score (nSPS) is 10.2. The lowest BCUT2D eigenvalue weighted by molar-refractivity contribution is -0.136. The fraction of sp³-hybridized carbons (Fsp3) is 0.300. The van der Waals surface area contributed by atoms with Gasteiger partial charge in [0.25, 0.3) is 0 Å². The first-order valence-corrected chi connectivity index (χ1v) is 5.70. The molecule has 0 spiro atoms. The topological polar surface area (TPSA) is 37.3 Å². The van der Waals surface area contributed by atoms with Crippen LogP contribution in [0.4, 0.5) is 0 Å². The van der Waals surface area contributed by atoms with E-state index in [-0.39, 0.29) is 6.42 Å². The maximum atomic E-state index is 10.5. The van der Waals surface area contributed by atoms with Gasteiger partial charge in [-0.25, -0.2) is 0 Å². The van der Waals surface area contributed by atoms with Crippen molar-refractivity contribution in [1.82, 2.24) is 0 Å². The molecule has 1 aromatic carbocycles. The molecule has 0 radical (unpaired) electrons. The third-order valence-corrected chi connectivity index (χ3v) is 3.39. The monoisotopic (exact) mass is 230 g/mol. The van der Waals surface area contributed by atoms with Gasteiger partial charge in [0.2, 0.25) is 0 Å². The maximum Gasteiger partial charge on any atom is 0.307 e. The van der Waals surface area contributed by atoms with Gasteiger partial charge in [-0.15, -0.1) is 11.8 Å². The number of hydrogen-bond acceptors (Lipinski definition) is 2. The molecule has 0 atom stereocenters. The van der Waals surface area contributed by atoms with Crippen LogP contribution in [0.25, 0.3) is 0 Å². The van der Waals surface area contributed by atoms with Gasteiger partial charge in [-0.1, -0.05) is 17.7 Å². The largest absolute Gasteiger partial charge is 0.481 e. The Balaban J connectivity index is 3.10. The molecule has 0 saturated heterocycles. The van der Waals surface area contributed by atoms with E-state index in [4.69, 9.17) is 16.7 Å². The summed E-state index contributed by atoms with van der Waals surface area (Å²) in [6.45, 7) is 1.90. The van der Waals surface area contributed by atoms with Gasteiger partial charge in [-0.2, -0.15) is 0 Å². The molecule has 0 aliphatic rings. The minimum atomic E-state index is -0.858. The van der Waals surface area contributed by atoms with Crippen LogP contribution in [-0.4, -0.2) is 17.3 Å². The number of thioether (sulfide) groups is 1. The minimum Gasteiger partial charge on any atom is -0.481 e. The van der Waals surface area contributed by atoms with Crippen molar-refractivity contribution in [3.05, 3.63) is 28.3 Å². The lowest BCUT2D eigenvalue weighted by Gasteiger charge is -2.08. The van der Waals surface area contributed by atoms with E-state index in [1.54, 1.807) is 17.8 Å². The quantitative estimate of drug-likeness (QED) is 0.812. The second-order valence-corrected chi connectivity index (χ2v) is 4.16. The molecule has 76 valence electrons. The van der Waals surface area contributed by atoms with Crippen LogP contribution in [0.1, 0.15) is 11.1 Å². The van der Waals surface area contributed by atoms with E-state index < -0.39 is 5.97 Å². The second-order valence-electron chi connectivity index (χ2n) is 2.94. The van der Waals surface area contributed by atoms with Crippen LogP contribution in [0.2, 0.25) is 5.02 Å². The van der Waals surface area contributed by atoms with Gasteiger partial charge in [0.15, 0.2) is 0 Å². The SMILES string of the molecule is CSc1ccc(CC(=O)O)c(Cl)c1C. The fourth-order valence-electron chi connectivity index (χ4n) is 1.24. The Labute approximate surface area is 92.3 Å². The smallest absolute Gasteiger partial charge is 0.307 e. The molecule has 4 heteroatoms. The molecule has 2 nitrogen and oxygen atoms in total. The van der Waals surface area contributed by atoms with Gasteiger partial charge in [0.1, 0.15) is 0 Å². The Bertz CT molecular complexity index is 363. The highest BCUT2D eigenvalue weighted by Crippen LogP contribution is 2.29. The second kappa shape index (κ2) is 4.71. The van der Waals surface area contributed by atoms with Crippen LogP contribution >= 0.6 is 23.4 Å². The zero-order chi connectivity index (χ0) is 10.7. The van der Waals surface area contributed by atoms with Crippen molar-refractivity contribution in [2.45, 2.75) is 18.2 Å². The summed E-state index contributed by atoms with van der Waals surface area (Å²) in [7, 11) is 0. The zero-order valence-corrected chi connectivity index (χ0v) is 9.58. The number of benzene rings is 1.